The lowest BCUT2D eigenvalue weighted by Crippen LogP contribution is -2.21. The van der Waals surface area contributed by atoms with Gasteiger partial charge in [0.05, 0.1) is 6.61 Å². The van der Waals surface area contributed by atoms with Crippen LogP contribution in [0.25, 0.3) is 0 Å². The molecule has 0 saturated heterocycles. The van der Waals surface area contributed by atoms with Gasteiger partial charge in [-0.2, -0.15) is 5.10 Å². The Bertz CT molecular complexity index is 370. The number of esters is 1. The molecule has 0 unspecified atom stereocenters. The summed E-state index contributed by atoms with van der Waals surface area (Å²) in [5, 5.41) is 6.18. The van der Waals surface area contributed by atoms with Gasteiger partial charge < -0.3 is 9.64 Å². The molecule has 0 aromatic carbocycles. The van der Waals surface area contributed by atoms with Crippen molar-refractivity contribution in [2.24, 2.45) is 0 Å². The topological polar surface area (TPSA) is 75.3 Å². The Hall–Kier alpha value is -1.85. The van der Waals surface area contributed by atoms with E-state index in [2.05, 4.69) is 10.2 Å². The fraction of sp³-hybridized carbons (Fsp3) is 0.444. The van der Waals surface area contributed by atoms with Gasteiger partial charge in [-0.1, -0.05) is 0 Å². The molecule has 0 spiro atoms. The van der Waals surface area contributed by atoms with Crippen molar-refractivity contribution in [2.75, 3.05) is 20.7 Å². The van der Waals surface area contributed by atoms with Gasteiger partial charge in [0, 0.05) is 20.2 Å². The highest BCUT2D eigenvalue weighted by Gasteiger charge is 2.16. The number of ether oxygens (including phenoxy) is 1. The molecule has 0 fully saturated rings. The first-order valence-electron chi connectivity index (χ1n) is 4.50. The first-order chi connectivity index (χ1) is 7.06. The molecule has 1 rings (SSSR count). The van der Waals surface area contributed by atoms with E-state index >= 15 is 0 Å². The molecule has 0 radical (unpaired) electrons. The molecule has 1 heterocycles. The summed E-state index contributed by atoms with van der Waals surface area (Å²) >= 11 is 0. The minimum Gasteiger partial charge on any atom is -0.461 e. The minimum atomic E-state index is -0.511. The third-order valence-electron chi connectivity index (χ3n) is 1.70. The van der Waals surface area contributed by atoms with Gasteiger partial charge in [0.15, 0.2) is 5.69 Å². The van der Waals surface area contributed by atoms with Crippen molar-refractivity contribution >= 4 is 11.9 Å². The van der Waals surface area contributed by atoms with E-state index in [1.807, 2.05) is 0 Å². The van der Waals surface area contributed by atoms with E-state index in [0.29, 0.717) is 0 Å². The second kappa shape index (κ2) is 4.59. The van der Waals surface area contributed by atoms with Crippen molar-refractivity contribution < 1.29 is 14.3 Å². The van der Waals surface area contributed by atoms with Crippen LogP contribution >= 0.6 is 0 Å². The van der Waals surface area contributed by atoms with E-state index in [1.165, 1.54) is 11.0 Å². The van der Waals surface area contributed by atoms with Crippen molar-refractivity contribution in [1.29, 1.82) is 0 Å². The number of carbonyl (C=O) groups is 2. The molecule has 82 valence electrons. The number of rotatable bonds is 3. The first-order valence-corrected chi connectivity index (χ1v) is 4.50. The van der Waals surface area contributed by atoms with Crippen LogP contribution in [0.3, 0.4) is 0 Å². The second-order valence-electron chi connectivity index (χ2n) is 3.09. The summed E-state index contributed by atoms with van der Waals surface area (Å²) in [5.41, 5.74) is 0.380. The van der Waals surface area contributed by atoms with Crippen molar-refractivity contribution in [3.63, 3.8) is 0 Å². The standard InChI is InChI=1S/C9H13N3O3/c1-4-15-9(14)7-5-6(10-11-7)8(13)12(2)3/h5H,4H2,1-3H3,(H,10,11). The summed E-state index contributed by atoms with van der Waals surface area (Å²) in [4.78, 5) is 24.0. The summed E-state index contributed by atoms with van der Waals surface area (Å²) in [5.74, 6) is -0.774. The number of nitrogens with zero attached hydrogens (tertiary/aromatic N) is 2. The Balaban J connectivity index is 2.80. The maximum absolute atomic E-state index is 11.4. The number of hydrogen-bond donors (Lipinski definition) is 1. The molecule has 0 saturated carbocycles. The third-order valence-corrected chi connectivity index (χ3v) is 1.70. The van der Waals surface area contributed by atoms with E-state index in [9.17, 15) is 9.59 Å². The van der Waals surface area contributed by atoms with Crippen molar-refractivity contribution in [3.8, 4) is 0 Å². The van der Waals surface area contributed by atoms with Gasteiger partial charge >= 0.3 is 5.97 Å². The van der Waals surface area contributed by atoms with Crippen LogP contribution in [-0.4, -0.2) is 47.7 Å². The summed E-state index contributed by atoms with van der Waals surface area (Å²) in [6, 6.07) is 1.38. The number of amides is 1. The van der Waals surface area contributed by atoms with Crippen LogP contribution < -0.4 is 0 Å². The largest absolute Gasteiger partial charge is 0.461 e. The van der Waals surface area contributed by atoms with E-state index < -0.39 is 5.97 Å². The van der Waals surface area contributed by atoms with Gasteiger partial charge in [0.1, 0.15) is 5.69 Å². The quantitative estimate of drug-likeness (QED) is 0.729. The van der Waals surface area contributed by atoms with Crippen LogP contribution in [-0.2, 0) is 4.74 Å². The lowest BCUT2D eigenvalue weighted by molar-refractivity contribution is 0.0519. The summed E-state index contributed by atoms with van der Waals surface area (Å²) in [6.45, 7) is 2.00. The zero-order valence-corrected chi connectivity index (χ0v) is 8.90. The molecule has 0 bridgehead atoms. The molecule has 0 aliphatic carbocycles. The Kier molecular flexibility index (Phi) is 3.43. The highest BCUT2D eigenvalue weighted by molar-refractivity contribution is 5.95. The van der Waals surface area contributed by atoms with Gasteiger partial charge in [-0.15, -0.1) is 0 Å². The summed E-state index contributed by atoms with van der Waals surface area (Å²) in [6.07, 6.45) is 0. The fourth-order valence-electron chi connectivity index (χ4n) is 0.974. The van der Waals surface area contributed by atoms with Gasteiger partial charge in [-0.3, -0.25) is 9.89 Å². The Morgan fingerprint density at radius 3 is 2.73 bits per heavy atom. The third kappa shape index (κ3) is 2.55. The van der Waals surface area contributed by atoms with E-state index in [1.54, 1.807) is 21.0 Å². The minimum absolute atomic E-state index is 0.182. The molecule has 0 aliphatic heterocycles. The molecule has 0 atom stereocenters. The number of aromatic nitrogens is 2. The average Bonchev–Trinajstić information content (AvgIpc) is 2.65. The van der Waals surface area contributed by atoms with Crippen molar-refractivity contribution in [2.45, 2.75) is 6.92 Å². The Labute approximate surface area is 87.2 Å². The van der Waals surface area contributed by atoms with Crippen LogP contribution in [0.4, 0.5) is 0 Å². The van der Waals surface area contributed by atoms with E-state index in [-0.39, 0.29) is 23.9 Å². The van der Waals surface area contributed by atoms with Crippen LogP contribution in [0.1, 0.15) is 27.9 Å². The van der Waals surface area contributed by atoms with E-state index in [4.69, 9.17) is 4.74 Å². The Morgan fingerprint density at radius 2 is 2.20 bits per heavy atom. The average molecular weight is 211 g/mol. The highest BCUT2D eigenvalue weighted by Crippen LogP contribution is 2.03. The lowest BCUT2D eigenvalue weighted by atomic mass is 10.3. The molecule has 1 aromatic heterocycles. The monoisotopic (exact) mass is 211 g/mol. The number of aromatic amines is 1. The highest BCUT2D eigenvalue weighted by atomic mass is 16.5. The SMILES string of the molecule is CCOC(=O)c1cc(C(=O)N(C)C)n[nH]1. The van der Waals surface area contributed by atoms with E-state index in [0.717, 1.165) is 0 Å². The van der Waals surface area contributed by atoms with Gasteiger partial charge in [-0.25, -0.2) is 4.79 Å². The number of H-pyrrole nitrogens is 1. The molecular weight excluding hydrogens is 198 g/mol. The fourth-order valence-corrected chi connectivity index (χ4v) is 0.974. The van der Waals surface area contributed by atoms with Crippen LogP contribution in [0.5, 0.6) is 0 Å². The molecular formula is C9H13N3O3. The maximum atomic E-state index is 11.4. The van der Waals surface area contributed by atoms with Crippen LogP contribution in [0.15, 0.2) is 6.07 Å². The number of carbonyl (C=O) groups excluding carboxylic acids is 2. The van der Waals surface area contributed by atoms with Gasteiger partial charge in [-0.05, 0) is 6.92 Å². The molecule has 1 amide bonds. The molecule has 1 aromatic rings. The maximum Gasteiger partial charge on any atom is 0.356 e. The van der Waals surface area contributed by atoms with Crippen LogP contribution in [0, 0.1) is 0 Å². The van der Waals surface area contributed by atoms with Crippen LogP contribution in [0.2, 0.25) is 0 Å². The van der Waals surface area contributed by atoms with Crippen molar-refractivity contribution in [1.82, 2.24) is 15.1 Å². The normalized spacial score (nSPS) is 9.80. The van der Waals surface area contributed by atoms with Crippen molar-refractivity contribution in [3.05, 3.63) is 17.5 Å². The second-order valence-corrected chi connectivity index (χ2v) is 3.09. The molecule has 15 heavy (non-hydrogen) atoms. The number of nitrogens with one attached hydrogen (secondary N) is 1. The Morgan fingerprint density at radius 1 is 1.53 bits per heavy atom. The molecule has 6 heteroatoms. The zero-order valence-electron chi connectivity index (χ0n) is 8.90. The van der Waals surface area contributed by atoms with Gasteiger partial charge in [0.25, 0.3) is 5.91 Å². The molecule has 1 N–H and O–H groups in total. The first kappa shape index (κ1) is 11.2. The number of hydrogen-bond acceptors (Lipinski definition) is 4. The summed E-state index contributed by atoms with van der Waals surface area (Å²) in [7, 11) is 3.22. The van der Waals surface area contributed by atoms with Gasteiger partial charge in [0.2, 0.25) is 0 Å². The molecule has 6 nitrogen and oxygen atoms in total. The zero-order chi connectivity index (χ0) is 11.4. The molecule has 0 aliphatic rings. The summed E-state index contributed by atoms with van der Waals surface area (Å²) < 4.78 is 4.75. The lowest BCUT2D eigenvalue weighted by Gasteiger charge is -2.06. The predicted octanol–water partition coefficient (Wildman–Crippen LogP) is 0.288. The smallest absolute Gasteiger partial charge is 0.356 e. The predicted molar refractivity (Wildman–Crippen MR) is 52.6 cm³/mol.